The molecule has 2 aliphatic rings. The molecule has 2 saturated heterocycles. The van der Waals surface area contributed by atoms with E-state index in [1.165, 1.54) is 5.69 Å². The fourth-order valence-corrected chi connectivity index (χ4v) is 5.42. The lowest BCUT2D eigenvalue weighted by Gasteiger charge is -2.38. The van der Waals surface area contributed by atoms with E-state index >= 15 is 0 Å². The molecule has 1 aromatic carbocycles. The first-order chi connectivity index (χ1) is 12.9. The first kappa shape index (κ1) is 19.7. The van der Waals surface area contributed by atoms with Crippen molar-refractivity contribution in [3.8, 4) is 0 Å². The van der Waals surface area contributed by atoms with Crippen LogP contribution in [0.5, 0.6) is 0 Å². The summed E-state index contributed by atoms with van der Waals surface area (Å²) < 4.78 is 23.4. The second-order valence-corrected chi connectivity index (χ2v) is 9.79. The van der Waals surface area contributed by atoms with Crippen LogP contribution in [0.4, 0.5) is 5.69 Å². The highest BCUT2D eigenvalue weighted by atomic mass is 32.2. The second kappa shape index (κ2) is 8.78. The number of sulfone groups is 1. The maximum atomic E-state index is 11.7. The molecule has 0 spiro atoms. The molecule has 2 aliphatic heterocycles. The molecule has 3 rings (SSSR count). The third-order valence-electron chi connectivity index (χ3n) is 5.07. The number of aliphatic imine (C=N–C) groups is 1. The Balaban J connectivity index is 1.58. The fraction of sp³-hybridized carbons (Fsp3) is 0.550. The number of nitrogens with zero attached hydrogens (tertiary/aromatic N) is 3. The van der Waals surface area contributed by atoms with Gasteiger partial charge in [0.25, 0.3) is 0 Å². The zero-order valence-electron chi connectivity index (χ0n) is 16.1. The molecule has 1 atom stereocenters. The lowest BCUT2D eigenvalue weighted by atomic mass is 10.1. The number of hydrogen-bond donors (Lipinski definition) is 1. The predicted molar refractivity (Wildman–Crippen MR) is 112 cm³/mol. The summed E-state index contributed by atoms with van der Waals surface area (Å²) in [4.78, 5) is 9.36. The molecule has 0 aliphatic carbocycles. The molecule has 148 valence electrons. The predicted octanol–water partition coefficient (Wildman–Crippen LogP) is 1.76. The summed E-state index contributed by atoms with van der Waals surface area (Å²) in [6.07, 6.45) is 0.741. The molecular weight excluding hydrogens is 360 g/mol. The van der Waals surface area contributed by atoms with E-state index in [9.17, 15) is 8.42 Å². The van der Waals surface area contributed by atoms with Gasteiger partial charge in [0.1, 0.15) is 0 Å². The maximum absolute atomic E-state index is 11.7. The molecule has 2 heterocycles. The smallest absolute Gasteiger partial charge is 0.194 e. The third kappa shape index (κ3) is 5.73. The van der Waals surface area contributed by atoms with Crippen molar-refractivity contribution in [3.05, 3.63) is 42.5 Å². The Morgan fingerprint density at radius 1 is 1.22 bits per heavy atom. The minimum Gasteiger partial charge on any atom is -0.368 e. The van der Waals surface area contributed by atoms with Gasteiger partial charge < -0.3 is 15.1 Å². The van der Waals surface area contributed by atoms with Gasteiger partial charge in [-0.25, -0.2) is 13.4 Å². The molecule has 0 saturated carbocycles. The van der Waals surface area contributed by atoms with Crippen molar-refractivity contribution in [2.75, 3.05) is 55.7 Å². The second-order valence-electron chi connectivity index (χ2n) is 7.56. The Bertz CT molecular complexity index is 768. The van der Waals surface area contributed by atoms with Crippen molar-refractivity contribution >= 4 is 21.5 Å². The Morgan fingerprint density at radius 2 is 1.93 bits per heavy atom. The van der Waals surface area contributed by atoms with Gasteiger partial charge in [-0.3, -0.25) is 0 Å². The van der Waals surface area contributed by atoms with E-state index in [1.807, 2.05) is 13.0 Å². The zero-order valence-corrected chi connectivity index (χ0v) is 16.9. The first-order valence-corrected chi connectivity index (χ1v) is 11.4. The standard InChI is InChI=1S/C20H30N4O2S/c1-17(2)14-21-20(22-15-18-8-13-27(25,26)16-18)24-11-9-23(10-12-24)19-6-4-3-5-7-19/h3-7,18H,1,8-16H2,2H3,(H,21,22). The van der Waals surface area contributed by atoms with E-state index in [0.717, 1.165) is 44.1 Å². The van der Waals surface area contributed by atoms with Gasteiger partial charge in [-0.15, -0.1) is 0 Å². The summed E-state index contributed by atoms with van der Waals surface area (Å²) in [5, 5.41) is 3.43. The molecule has 0 radical (unpaired) electrons. The summed E-state index contributed by atoms with van der Waals surface area (Å²) >= 11 is 0. The van der Waals surface area contributed by atoms with Crippen LogP contribution in [0.15, 0.2) is 47.5 Å². The molecule has 0 amide bonds. The third-order valence-corrected chi connectivity index (χ3v) is 6.91. The molecule has 1 N–H and O–H groups in total. The van der Waals surface area contributed by atoms with E-state index < -0.39 is 9.84 Å². The minimum atomic E-state index is -2.85. The highest BCUT2D eigenvalue weighted by molar-refractivity contribution is 7.91. The minimum absolute atomic E-state index is 0.177. The lowest BCUT2D eigenvalue weighted by Crippen LogP contribution is -2.53. The van der Waals surface area contributed by atoms with Gasteiger partial charge in [0.2, 0.25) is 0 Å². The molecule has 2 fully saturated rings. The van der Waals surface area contributed by atoms with Crippen molar-refractivity contribution in [1.29, 1.82) is 0 Å². The van der Waals surface area contributed by atoms with E-state index in [2.05, 4.69) is 46.0 Å². The van der Waals surface area contributed by atoms with Crippen LogP contribution in [0.3, 0.4) is 0 Å². The van der Waals surface area contributed by atoms with Crippen molar-refractivity contribution < 1.29 is 8.42 Å². The number of nitrogens with one attached hydrogen (secondary N) is 1. The van der Waals surface area contributed by atoms with Crippen LogP contribution in [0, 0.1) is 5.92 Å². The van der Waals surface area contributed by atoms with Crippen LogP contribution < -0.4 is 10.2 Å². The van der Waals surface area contributed by atoms with Crippen molar-refractivity contribution in [2.45, 2.75) is 13.3 Å². The van der Waals surface area contributed by atoms with Gasteiger partial charge in [0.15, 0.2) is 15.8 Å². The molecule has 6 nitrogen and oxygen atoms in total. The van der Waals surface area contributed by atoms with Gasteiger partial charge in [0, 0.05) is 38.4 Å². The van der Waals surface area contributed by atoms with Gasteiger partial charge in [-0.2, -0.15) is 0 Å². The van der Waals surface area contributed by atoms with Gasteiger partial charge in [-0.05, 0) is 31.4 Å². The van der Waals surface area contributed by atoms with Crippen LogP contribution in [0.1, 0.15) is 13.3 Å². The largest absolute Gasteiger partial charge is 0.368 e. The molecule has 1 aromatic rings. The zero-order chi connectivity index (χ0) is 19.3. The van der Waals surface area contributed by atoms with E-state index in [0.29, 0.717) is 18.8 Å². The van der Waals surface area contributed by atoms with Crippen LogP contribution in [0.25, 0.3) is 0 Å². The Labute approximate surface area is 162 Å². The topological polar surface area (TPSA) is 65.0 Å². The van der Waals surface area contributed by atoms with Crippen LogP contribution in [-0.2, 0) is 9.84 Å². The van der Waals surface area contributed by atoms with Gasteiger partial charge >= 0.3 is 0 Å². The molecule has 1 unspecified atom stereocenters. The first-order valence-electron chi connectivity index (χ1n) is 9.61. The molecular formula is C20H30N4O2S. The quantitative estimate of drug-likeness (QED) is 0.472. The number of rotatable bonds is 5. The molecule has 7 heteroatoms. The number of benzene rings is 1. The molecule has 27 heavy (non-hydrogen) atoms. The van der Waals surface area contributed by atoms with Crippen molar-refractivity contribution in [2.24, 2.45) is 10.9 Å². The van der Waals surface area contributed by atoms with Gasteiger partial charge in [0.05, 0.1) is 18.1 Å². The average Bonchev–Trinajstić information content (AvgIpc) is 3.01. The van der Waals surface area contributed by atoms with E-state index in [-0.39, 0.29) is 11.7 Å². The normalized spacial score (nSPS) is 22.7. The van der Waals surface area contributed by atoms with E-state index in [1.54, 1.807) is 0 Å². The van der Waals surface area contributed by atoms with Gasteiger partial charge in [-0.1, -0.05) is 30.4 Å². The summed E-state index contributed by atoms with van der Waals surface area (Å²) in [7, 11) is -2.85. The summed E-state index contributed by atoms with van der Waals surface area (Å²) in [5.74, 6) is 1.65. The lowest BCUT2D eigenvalue weighted by molar-refractivity contribution is 0.369. The monoisotopic (exact) mass is 390 g/mol. The van der Waals surface area contributed by atoms with Crippen LogP contribution in [0.2, 0.25) is 0 Å². The number of hydrogen-bond acceptors (Lipinski definition) is 4. The highest BCUT2D eigenvalue weighted by Crippen LogP contribution is 2.18. The van der Waals surface area contributed by atoms with Crippen LogP contribution in [-0.4, -0.2) is 70.1 Å². The molecule has 0 bridgehead atoms. The number of guanidine groups is 1. The Hall–Kier alpha value is -2.02. The van der Waals surface area contributed by atoms with Crippen molar-refractivity contribution in [1.82, 2.24) is 10.2 Å². The number of para-hydroxylation sites is 1. The fourth-order valence-electron chi connectivity index (χ4n) is 3.56. The van der Waals surface area contributed by atoms with Crippen LogP contribution >= 0.6 is 0 Å². The SMILES string of the molecule is C=C(C)CN=C(NCC1CCS(=O)(=O)C1)N1CCN(c2ccccc2)CC1. The Kier molecular flexibility index (Phi) is 6.42. The summed E-state index contributed by atoms with van der Waals surface area (Å²) in [5.41, 5.74) is 2.27. The molecule has 0 aromatic heterocycles. The van der Waals surface area contributed by atoms with E-state index in [4.69, 9.17) is 4.99 Å². The summed E-state index contributed by atoms with van der Waals surface area (Å²) in [6.45, 7) is 10.8. The highest BCUT2D eigenvalue weighted by Gasteiger charge is 2.28. The average molecular weight is 391 g/mol. The Morgan fingerprint density at radius 3 is 2.52 bits per heavy atom. The maximum Gasteiger partial charge on any atom is 0.194 e. The number of anilines is 1. The summed E-state index contributed by atoms with van der Waals surface area (Å²) in [6, 6.07) is 10.5. The van der Waals surface area contributed by atoms with Crippen molar-refractivity contribution in [3.63, 3.8) is 0 Å². The number of piperazine rings is 1.